The molecule has 1 aliphatic carbocycles. The van der Waals surface area contributed by atoms with Crippen LogP contribution in [0.15, 0.2) is 39.7 Å². The molecule has 0 saturated carbocycles. The Kier molecular flexibility index (Phi) is 4.09. The molecule has 1 unspecified atom stereocenters. The lowest BCUT2D eigenvalue weighted by molar-refractivity contribution is 0.1000. The zero-order chi connectivity index (χ0) is 18.3. The van der Waals surface area contributed by atoms with Gasteiger partial charge >= 0.3 is 0 Å². The molecule has 0 bridgehead atoms. The van der Waals surface area contributed by atoms with E-state index < -0.39 is 5.91 Å². The third-order valence-electron chi connectivity index (χ3n) is 4.72. The molecule has 0 aliphatic heterocycles. The fourth-order valence-corrected chi connectivity index (χ4v) is 4.78. The van der Waals surface area contributed by atoms with E-state index in [4.69, 9.17) is 10.2 Å². The summed E-state index contributed by atoms with van der Waals surface area (Å²) in [5.41, 5.74) is 8.31. The number of thiophene rings is 1. The van der Waals surface area contributed by atoms with Crippen LogP contribution in [0, 0.1) is 17.2 Å². The first kappa shape index (κ1) is 16.6. The number of primary amides is 1. The summed E-state index contributed by atoms with van der Waals surface area (Å²) in [5, 5.41) is 10.8. The van der Waals surface area contributed by atoms with E-state index in [9.17, 15) is 10.1 Å². The van der Waals surface area contributed by atoms with Crippen LogP contribution in [0.3, 0.4) is 0 Å². The van der Waals surface area contributed by atoms with Crippen molar-refractivity contribution in [3.63, 3.8) is 0 Å². The van der Waals surface area contributed by atoms with Gasteiger partial charge in [0.2, 0.25) is 5.55 Å². The molecule has 2 heterocycles. The molecule has 1 amide bonds. The third-order valence-corrected chi connectivity index (χ3v) is 5.87. The number of fused-ring (bicyclic) bond motifs is 2. The minimum absolute atomic E-state index is 0.209. The van der Waals surface area contributed by atoms with Crippen molar-refractivity contribution in [1.82, 2.24) is 0 Å². The van der Waals surface area contributed by atoms with Crippen LogP contribution in [-0.4, -0.2) is 5.91 Å². The lowest BCUT2D eigenvalue weighted by Gasteiger charge is -2.18. The highest BCUT2D eigenvalue weighted by Gasteiger charge is 2.26. The Morgan fingerprint density at radius 2 is 2.23 bits per heavy atom. The maximum Gasteiger partial charge on any atom is 0.252 e. The molecule has 4 rings (SSSR count). The zero-order valence-corrected chi connectivity index (χ0v) is 15.1. The average molecular weight is 363 g/mol. The molecule has 0 fully saturated rings. The molecule has 3 aromatic rings. The topological polar surface area (TPSA) is 92.4 Å². The number of hydrogen-bond acceptors (Lipinski definition) is 5. The lowest BCUT2D eigenvalue weighted by Crippen LogP contribution is -2.16. The highest BCUT2D eigenvalue weighted by atomic mass is 32.1. The standard InChI is InChI=1S/C20H17N3O2S/c1-11-6-7-14-16(8-11)26-20(17(14)18(22)24)23-19-13(10-21)9-12-4-2-3-5-15(12)25-19/h2-5,9,11H,6-8H2,1H3,(H2,22,24)/b23-19-. The number of nitrogens with two attached hydrogens (primary N) is 1. The molecule has 0 saturated heterocycles. The number of nitrogens with zero attached hydrogens (tertiary/aromatic N) is 2. The van der Waals surface area contributed by atoms with Gasteiger partial charge in [0.15, 0.2) is 0 Å². The Hall–Kier alpha value is -2.91. The summed E-state index contributed by atoms with van der Waals surface area (Å²) in [6, 6.07) is 11.3. The second-order valence-electron chi connectivity index (χ2n) is 6.62. The molecular formula is C20H17N3O2S. The van der Waals surface area contributed by atoms with E-state index >= 15 is 0 Å². The number of para-hydroxylation sites is 1. The van der Waals surface area contributed by atoms with Crippen molar-refractivity contribution < 1.29 is 9.21 Å². The number of hydrogen-bond donors (Lipinski definition) is 1. The summed E-state index contributed by atoms with van der Waals surface area (Å²) in [4.78, 5) is 17.8. The number of carbonyl (C=O) groups is 1. The van der Waals surface area contributed by atoms with Gasteiger partial charge in [0, 0.05) is 10.3 Å². The van der Waals surface area contributed by atoms with Crippen LogP contribution >= 0.6 is 11.3 Å². The monoisotopic (exact) mass is 363 g/mol. The van der Waals surface area contributed by atoms with Crippen molar-refractivity contribution in [2.45, 2.75) is 26.2 Å². The van der Waals surface area contributed by atoms with Gasteiger partial charge in [0.05, 0.1) is 5.56 Å². The Morgan fingerprint density at radius 3 is 3.00 bits per heavy atom. The van der Waals surface area contributed by atoms with Gasteiger partial charge in [0.1, 0.15) is 22.2 Å². The van der Waals surface area contributed by atoms with Gasteiger partial charge in [-0.05, 0) is 42.9 Å². The van der Waals surface area contributed by atoms with Crippen molar-refractivity contribution in [3.8, 4) is 6.07 Å². The van der Waals surface area contributed by atoms with Crippen LogP contribution in [0.2, 0.25) is 0 Å². The van der Waals surface area contributed by atoms with E-state index in [1.54, 1.807) is 6.07 Å². The van der Waals surface area contributed by atoms with Crippen LogP contribution in [0.4, 0.5) is 5.00 Å². The van der Waals surface area contributed by atoms with E-state index in [1.807, 2.05) is 24.3 Å². The predicted octanol–water partition coefficient (Wildman–Crippen LogP) is 3.82. The third kappa shape index (κ3) is 2.80. The summed E-state index contributed by atoms with van der Waals surface area (Å²) in [6.07, 6.45) is 2.80. The molecule has 1 aliphatic rings. The minimum Gasteiger partial charge on any atom is -0.437 e. The molecule has 0 radical (unpaired) electrons. The van der Waals surface area contributed by atoms with Gasteiger partial charge < -0.3 is 10.2 Å². The maximum atomic E-state index is 12.1. The van der Waals surface area contributed by atoms with Gasteiger partial charge in [-0.15, -0.1) is 11.3 Å². The van der Waals surface area contributed by atoms with Gasteiger partial charge in [0.25, 0.3) is 5.91 Å². The number of rotatable bonds is 2. The number of benzene rings is 1. The van der Waals surface area contributed by atoms with Crippen LogP contribution in [0.1, 0.15) is 39.7 Å². The van der Waals surface area contributed by atoms with E-state index in [1.165, 1.54) is 11.3 Å². The smallest absolute Gasteiger partial charge is 0.252 e. The van der Waals surface area contributed by atoms with Gasteiger partial charge in [-0.25, -0.2) is 4.99 Å². The normalized spacial score (nSPS) is 17.1. The van der Waals surface area contributed by atoms with Crippen molar-refractivity contribution in [3.05, 3.63) is 57.5 Å². The maximum absolute atomic E-state index is 12.1. The highest BCUT2D eigenvalue weighted by Crippen LogP contribution is 2.40. The number of amides is 1. The summed E-state index contributed by atoms with van der Waals surface area (Å²) >= 11 is 1.48. The SMILES string of the molecule is CC1CCc2c(sc(/N=c3\oc4ccccc4cc3C#N)c2C(N)=O)C1. The second kappa shape index (κ2) is 6.43. The Bertz CT molecular complexity index is 1130. The molecule has 0 spiro atoms. The molecule has 6 heteroatoms. The Labute approximate surface area is 154 Å². The first-order valence-electron chi connectivity index (χ1n) is 8.49. The highest BCUT2D eigenvalue weighted by molar-refractivity contribution is 7.16. The van der Waals surface area contributed by atoms with Crippen LogP contribution in [0.25, 0.3) is 11.0 Å². The molecule has 130 valence electrons. The average Bonchev–Trinajstić information content (AvgIpc) is 2.98. The molecule has 2 aromatic heterocycles. The molecule has 2 N–H and O–H groups in total. The molecule has 1 aromatic carbocycles. The van der Waals surface area contributed by atoms with E-state index in [-0.39, 0.29) is 5.55 Å². The fourth-order valence-electron chi connectivity index (χ4n) is 3.39. The largest absolute Gasteiger partial charge is 0.437 e. The lowest BCUT2D eigenvalue weighted by atomic mass is 9.88. The van der Waals surface area contributed by atoms with E-state index in [2.05, 4.69) is 18.0 Å². The molecule has 26 heavy (non-hydrogen) atoms. The van der Waals surface area contributed by atoms with Crippen LogP contribution < -0.4 is 11.3 Å². The van der Waals surface area contributed by atoms with Crippen LogP contribution in [0.5, 0.6) is 0 Å². The van der Waals surface area contributed by atoms with Crippen molar-refractivity contribution in [2.75, 3.05) is 0 Å². The van der Waals surface area contributed by atoms with E-state index in [0.717, 1.165) is 35.1 Å². The van der Waals surface area contributed by atoms with Crippen molar-refractivity contribution in [2.24, 2.45) is 16.6 Å². The molecular weight excluding hydrogens is 346 g/mol. The minimum atomic E-state index is -0.477. The number of carbonyl (C=O) groups excluding carboxylic acids is 1. The van der Waals surface area contributed by atoms with E-state index in [0.29, 0.717) is 27.6 Å². The van der Waals surface area contributed by atoms with Crippen molar-refractivity contribution in [1.29, 1.82) is 5.26 Å². The van der Waals surface area contributed by atoms with Gasteiger partial charge in [-0.1, -0.05) is 25.1 Å². The fraction of sp³-hybridized carbons (Fsp3) is 0.250. The van der Waals surface area contributed by atoms with Crippen LogP contribution in [-0.2, 0) is 12.8 Å². The molecule has 1 atom stereocenters. The summed E-state index contributed by atoms with van der Waals surface area (Å²) < 4.78 is 5.84. The number of nitriles is 1. The Balaban J connectivity index is 1.96. The second-order valence-corrected chi connectivity index (χ2v) is 7.71. The summed E-state index contributed by atoms with van der Waals surface area (Å²) in [7, 11) is 0. The summed E-state index contributed by atoms with van der Waals surface area (Å²) in [5.74, 6) is 0.102. The predicted molar refractivity (Wildman–Crippen MR) is 100 cm³/mol. The Morgan fingerprint density at radius 1 is 1.42 bits per heavy atom. The summed E-state index contributed by atoms with van der Waals surface area (Å²) in [6.45, 7) is 2.20. The first-order chi connectivity index (χ1) is 12.6. The first-order valence-corrected chi connectivity index (χ1v) is 9.30. The van der Waals surface area contributed by atoms with Crippen molar-refractivity contribution >= 4 is 33.2 Å². The molecule has 5 nitrogen and oxygen atoms in total. The van der Waals surface area contributed by atoms with Gasteiger partial charge in [-0.2, -0.15) is 5.26 Å². The van der Waals surface area contributed by atoms with Gasteiger partial charge in [-0.3, -0.25) is 4.79 Å². The zero-order valence-electron chi connectivity index (χ0n) is 14.3. The quantitative estimate of drug-likeness (QED) is 0.750.